The second-order valence-corrected chi connectivity index (χ2v) is 8.18. The van der Waals surface area contributed by atoms with Gasteiger partial charge in [0.1, 0.15) is 0 Å². The fourth-order valence-corrected chi connectivity index (χ4v) is 4.91. The van der Waals surface area contributed by atoms with Crippen molar-refractivity contribution in [3.05, 3.63) is 77.5 Å². The number of aryl methyl sites for hydroxylation is 1. The minimum atomic E-state index is 0.132. The van der Waals surface area contributed by atoms with Crippen molar-refractivity contribution in [2.24, 2.45) is 7.05 Å². The third-order valence-corrected chi connectivity index (χ3v) is 6.00. The molecule has 1 fully saturated rings. The predicted octanol–water partition coefficient (Wildman–Crippen LogP) is 3.17. The van der Waals surface area contributed by atoms with Crippen LogP contribution >= 0.6 is 0 Å². The predicted molar refractivity (Wildman–Crippen MR) is 104 cm³/mol. The molecule has 2 aromatic heterocycles. The zero-order valence-electron chi connectivity index (χ0n) is 15.8. The highest BCUT2D eigenvalue weighted by molar-refractivity contribution is 5.32. The van der Waals surface area contributed by atoms with Gasteiger partial charge in [-0.2, -0.15) is 5.10 Å². The van der Waals surface area contributed by atoms with E-state index in [1.807, 2.05) is 18.0 Å². The molecular weight excluding hydrogens is 336 g/mol. The normalized spacial score (nSPS) is 23.1. The molecule has 0 unspecified atom stereocenters. The molecule has 0 N–H and O–H groups in total. The topological polar surface area (TPSA) is 37.4 Å². The number of rotatable bonds is 4. The van der Waals surface area contributed by atoms with E-state index < -0.39 is 0 Å². The van der Waals surface area contributed by atoms with Crippen molar-refractivity contribution >= 4 is 0 Å². The van der Waals surface area contributed by atoms with Crippen molar-refractivity contribution in [2.45, 2.75) is 31.5 Å². The Kier molecular flexibility index (Phi) is 4.14. The quantitative estimate of drug-likeness (QED) is 0.714. The maximum absolute atomic E-state index is 5.28. The average molecular weight is 362 g/mol. The summed E-state index contributed by atoms with van der Waals surface area (Å²) in [6.07, 6.45) is 7.01. The molecular formula is C22H26N4O. The summed E-state index contributed by atoms with van der Waals surface area (Å²) in [4.78, 5) is 5.15. The van der Waals surface area contributed by atoms with Gasteiger partial charge in [0.05, 0.1) is 18.2 Å². The molecule has 0 aliphatic carbocycles. The van der Waals surface area contributed by atoms with Crippen LogP contribution in [0.4, 0.5) is 0 Å². The van der Waals surface area contributed by atoms with E-state index in [9.17, 15) is 0 Å². The van der Waals surface area contributed by atoms with Gasteiger partial charge >= 0.3 is 0 Å². The van der Waals surface area contributed by atoms with Crippen LogP contribution in [0, 0.1) is 0 Å². The van der Waals surface area contributed by atoms with Crippen molar-refractivity contribution in [1.82, 2.24) is 19.6 Å². The van der Waals surface area contributed by atoms with Crippen molar-refractivity contribution in [3.63, 3.8) is 0 Å². The van der Waals surface area contributed by atoms with Crippen LogP contribution < -0.4 is 0 Å². The Labute approximate surface area is 160 Å². The largest absolute Gasteiger partial charge is 0.472 e. The number of aromatic nitrogens is 2. The molecule has 0 amide bonds. The lowest BCUT2D eigenvalue weighted by molar-refractivity contribution is 0.162. The van der Waals surface area contributed by atoms with Crippen LogP contribution in [-0.4, -0.2) is 39.2 Å². The summed E-state index contributed by atoms with van der Waals surface area (Å²) in [5, 5.41) is 4.90. The van der Waals surface area contributed by atoms with Gasteiger partial charge < -0.3 is 4.42 Å². The minimum Gasteiger partial charge on any atom is -0.472 e. The molecule has 4 heterocycles. The van der Waals surface area contributed by atoms with Gasteiger partial charge in [-0.3, -0.25) is 14.5 Å². The summed E-state index contributed by atoms with van der Waals surface area (Å²) in [5.41, 5.74) is 5.48. The van der Waals surface area contributed by atoms with E-state index >= 15 is 0 Å². The molecule has 1 atom stereocenters. The zero-order valence-corrected chi connectivity index (χ0v) is 15.8. The number of nitrogens with zero attached hydrogens (tertiary/aromatic N) is 4. The third kappa shape index (κ3) is 3.22. The number of likely N-dealkylation sites (tertiary alicyclic amines) is 1. The molecule has 140 valence electrons. The molecule has 5 nitrogen and oxygen atoms in total. The first-order chi connectivity index (χ1) is 13.2. The van der Waals surface area contributed by atoms with Gasteiger partial charge in [0.2, 0.25) is 0 Å². The van der Waals surface area contributed by atoms with E-state index in [0.717, 1.165) is 39.3 Å². The Morgan fingerprint density at radius 3 is 2.67 bits per heavy atom. The van der Waals surface area contributed by atoms with Crippen LogP contribution in [0.5, 0.6) is 0 Å². The van der Waals surface area contributed by atoms with Crippen molar-refractivity contribution in [1.29, 1.82) is 0 Å². The Bertz CT molecular complexity index is 902. The van der Waals surface area contributed by atoms with E-state index in [2.05, 4.69) is 52.4 Å². The van der Waals surface area contributed by atoms with E-state index in [-0.39, 0.29) is 5.41 Å². The minimum absolute atomic E-state index is 0.132. The maximum atomic E-state index is 5.28. The van der Waals surface area contributed by atoms with Crippen LogP contribution in [0.15, 0.2) is 59.5 Å². The molecule has 0 radical (unpaired) electrons. The molecule has 1 saturated heterocycles. The lowest BCUT2D eigenvalue weighted by Gasteiger charge is -2.39. The standard InChI is InChI=1S/C22H26N4O/c1-24-13-20-14-26(12-19-7-10-27-15-19)17-22(21(20)23-24)8-9-25(16-22)11-18-5-3-2-4-6-18/h2-7,10,13,15H,8-9,11-12,14,16-17H2,1H3/t22-/m0/s1. The molecule has 3 aromatic rings. The fourth-order valence-electron chi connectivity index (χ4n) is 4.91. The van der Waals surface area contributed by atoms with Crippen molar-refractivity contribution in [3.8, 4) is 0 Å². The number of hydrogen-bond donors (Lipinski definition) is 0. The number of hydrogen-bond acceptors (Lipinski definition) is 4. The molecule has 2 aliphatic heterocycles. The number of furan rings is 1. The van der Waals surface area contributed by atoms with E-state index in [1.165, 1.54) is 28.8 Å². The van der Waals surface area contributed by atoms with E-state index in [0.29, 0.717) is 0 Å². The zero-order chi connectivity index (χ0) is 18.3. The Hall–Kier alpha value is -2.37. The lowest BCUT2D eigenvalue weighted by atomic mass is 9.78. The van der Waals surface area contributed by atoms with Crippen LogP contribution in [0.25, 0.3) is 0 Å². The SMILES string of the molecule is Cn1cc2c(n1)[C@]1(CCN(Cc3ccccc3)C1)CN(Cc1ccoc1)C2. The smallest absolute Gasteiger partial charge is 0.0947 e. The maximum Gasteiger partial charge on any atom is 0.0947 e. The number of benzene rings is 1. The van der Waals surface area contributed by atoms with Gasteiger partial charge in [-0.05, 0) is 24.6 Å². The molecule has 27 heavy (non-hydrogen) atoms. The third-order valence-electron chi connectivity index (χ3n) is 6.00. The van der Waals surface area contributed by atoms with Crippen LogP contribution in [0.3, 0.4) is 0 Å². The summed E-state index contributed by atoms with van der Waals surface area (Å²) in [6, 6.07) is 12.9. The lowest BCUT2D eigenvalue weighted by Crippen LogP contribution is -2.47. The number of fused-ring (bicyclic) bond motifs is 2. The molecule has 0 saturated carbocycles. The molecule has 1 spiro atoms. The van der Waals surface area contributed by atoms with Crippen LogP contribution in [0.2, 0.25) is 0 Å². The summed E-state index contributed by atoms with van der Waals surface area (Å²) >= 11 is 0. The highest BCUT2D eigenvalue weighted by Crippen LogP contribution is 2.41. The van der Waals surface area contributed by atoms with Gasteiger partial charge in [0, 0.05) is 62.5 Å². The van der Waals surface area contributed by atoms with Gasteiger partial charge in [-0.15, -0.1) is 0 Å². The van der Waals surface area contributed by atoms with Crippen LogP contribution in [-0.2, 0) is 32.1 Å². The average Bonchev–Trinajstić information content (AvgIpc) is 3.38. The first kappa shape index (κ1) is 16.8. The van der Waals surface area contributed by atoms with E-state index in [1.54, 1.807) is 6.26 Å². The molecule has 1 aromatic carbocycles. The van der Waals surface area contributed by atoms with E-state index in [4.69, 9.17) is 9.52 Å². The molecule has 5 rings (SSSR count). The Morgan fingerprint density at radius 1 is 1.04 bits per heavy atom. The van der Waals surface area contributed by atoms with Crippen LogP contribution in [0.1, 0.15) is 28.8 Å². The first-order valence-electron chi connectivity index (χ1n) is 9.73. The van der Waals surface area contributed by atoms with Crippen molar-refractivity contribution in [2.75, 3.05) is 19.6 Å². The second-order valence-electron chi connectivity index (χ2n) is 8.18. The Balaban J connectivity index is 1.39. The summed E-state index contributed by atoms with van der Waals surface area (Å²) in [5.74, 6) is 0. The molecule has 2 aliphatic rings. The second kappa shape index (κ2) is 6.66. The monoisotopic (exact) mass is 362 g/mol. The highest BCUT2D eigenvalue weighted by atomic mass is 16.3. The first-order valence-corrected chi connectivity index (χ1v) is 9.73. The summed E-state index contributed by atoms with van der Waals surface area (Å²) < 4.78 is 7.27. The summed E-state index contributed by atoms with van der Waals surface area (Å²) in [6.45, 7) is 6.19. The highest BCUT2D eigenvalue weighted by Gasteiger charge is 2.46. The van der Waals surface area contributed by atoms with Gasteiger partial charge in [-0.1, -0.05) is 30.3 Å². The van der Waals surface area contributed by atoms with Gasteiger partial charge in [-0.25, -0.2) is 0 Å². The summed E-state index contributed by atoms with van der Waals surface area (Å²) in [7, 11) is 2.04. The Morgan fingerprint density at radius 2 is 1.85 bits per heavy atom. The molecule has 0 bridgehead atoms. The van der Waals surface area contributed by atoms with Gasteiger partial charge in [0.15, 0.2) is 0 Å². The van der Waals surface area contributed by atoms with Gasteiger partial charge in [0.25, 0.3) is 0 Å². The fraction of sp³-hybridized carbons (Fsp3) is 0.409. The molecule has 5 heteroatoms. The van der Waals surface area contributed by atoms with Crippen molar-refractivity contribution < 1.29 is 4.42 Å².